The molecule has 0 aliphatic carbocycles. The van der Waals surface area contributed by atoms with Crippen molar-refractivity contribution in [1.82, 2.24) is 14.8 Å². The number of carbonyl (C=O) groups excluding carboxylic acids is 2. The molecule has 0 saturated carbocycles. The molecule has 2 aromatic heterocycles. The third-order valence-corrected chi connectivity index (χ3v) is 6.50. The number of aromatic nitrogens is 1. The van der Waals surface area contributed by atoms with Gasteiger partial charge in [0.2, 0.25) is 5.91 Å². The molecule has 0 bridgehead atoms. The van der Waals surface area contributed by atoms with E-state index >= 15 is 0 Å². The normalized spacial score (nSPS) is 23.0. The number of likely N-dealkylation sites (tertiary alicyclic amines) is 2. The zero-order valence-electron chi connectivity index (χ0n) is 15.0. The summed E-state index contributed by atoms with van der Waals surface area (Å²) in [7, 11) is 0. The second kappa shape index (κ2) is 6.83. The van der Waals surface area contributed by atoms with Gasteiger partial charge in [0.1, 0.15) is 0 Å². The number of rotatable bonds is 3. The summed E-state index contributed by atoms with van der Waals surface area (Å²) in [5.41, 5.74) is 0.653. The minimum Gasteiger partial charge on any atom is -0.338 e. The summed E-state index contributed by atoms with van der Waals surface area (Å²) in [5, 5.41) is 0. The number of piperidine rings is 1. The topological polar surface area (TPSA) is 53.5 Å². The molecule has 0 N–H and O–H groups in total. The lowest BCUT2D eigenvalue weighted by atomic mass is 9.78. The fourth-order valence-electron chi connectivity index (χ4n) is 4.14. The number of pyridine rings is 1. The Morgan fingerprint density at radius 1 is 1.27 bits per heavy atom. The quantitative estimate of drug-likeness (QED) is 0.835. The van der Waals surface area contributed by atoms with E-state index in [4.69, 9.17) is 0 Å². The van der Waals surface area contributed by atoms with Gasteiger partial charge >= 0.3 is 0 Å². The van der Waals surface area contributed by atoms with Gasteiger partial charge in [-0.05, 0) is 49.9 Å². The fourth-order valence-corrected chi connectivity index (χ4v) is 4.98. The van der Waals surface area contributed by atoms with Crippen molar-refractivity contribution in [2.45, 2.75) is 32.7 Å². The lowest BCUT2D eigenvalue weighted by Gasteiger charge is -2.39. The van der Waals surface area contributed by atoms with E-state index in [0.717, 1.165) is 41.1 Å². The molecule has 2 fully saturated rings. The zero-order valence-corrected chi connectivity index (χ0v) is 15.8. The number of carbonyl (C=O) groups is 2. The van der Waals surface area contributed by atoms with E-state index in [1.807, 2.05) is 47.2 Å². The van der Waals surface area contributed by atoms with Gasteiger partial charge in [0.15, 0.2) is 0 Å². The van der Waals surface area contributed by atoms with Crippen molar-refractivity contribution in [3.8, 4) is 0 Å². The molecule has 1 atom stereocenters. The van der Waals surface area contributed by atoms with E-state index in [1.54, 1.807) is 6.20 Å². The molecule has 26 heavy (non-hydrogen) atoms. The Morgan fingerprint density at radius 3 is 2.88 bits per heavy atom. The van der Waals surface area contributed by atoms with Crippen LogP contribution in [0.4, 0.5) is 0 Å². The van der Waals surface area contributed by atoms with Crippen LogP contribution in [-0.4, -0.2) is 46.2 Å². The second-order valence-corrected chi connectivity index (χ2v) is 8.65. The van der Waals surface area contributed by atoms with Crippen LogP contribution in [0.25, 0.3) is 0 Å². The number of nitrogens with zero attached hydrogens (tertiary/aromatic N) is 3. The Morgan fingerprint density at radius 2 is 2.15 bits per heavy atom. The molecule has 2 aromatic rings. The van der Waals surface area contributed by atoms with Crippen molar-refractivity contribution in [3.63, 3.8) is 0 Å². The summed E-state index contributed by atoms with van der Waals surface area (Å²) >= 11 is 1.53. The second-order valence-electron chi connectivity index (χ2n) is 7.36. The average molecular weight is 369 g/mol. The Kier molecular flexibility index (Phi) is 4.53. The monoisotopic (exact) mass is 369 g/mol. The molecule has 5 nitrogen and oxygen atoms in total. The molecular formula is C20H23N3O2S. The zero-order chi connectivity index (χ0) is 18.1. The van der Waals surface area contributed by atoms with Crippen LogP contribution in [0.1, 0.15) is 39.4 Å². The van der Waals surface area contributed by atoms with Gasteiger partial charge in [-0.1, -0.05) is 6.07 Å². The Bertz CT molecular complexity index is 819. The van der Waals surface area contributed by atoms with Crippen LogP contribution >= 0.6 is 11.3 Å². The Hall–Kier alpha value is -2.21. The third-order valence-electron chi connectivity index (χ3n) is 5.51. The summed E-state index contributed by atoms with van der Waals surface area (Å²) in [6.45, 7) is 4.61. The number of aryl methyl sites for hydroxylation is 1. The first kappa shape index (κ1) is 17.2. The van der Waals surface area contributed by atoms with Crippen LogP contribution < -0.4 is 0 Å². The van der Waals surface area contributed by atoms with E-state index < -0.39 is 5.41 Å². The summed E-state index contributed by atoms with van der Waals surface area (Å²) in [4.78, 5) is 35.9. The maximum Gasteiger partial charge on any atom is 0.263 e. The molecule has 2 saturated heterocycles. The predicted molar refractivity (Wildman–Crippen MR) is 101 cm³/mol. The third kappa shape index (κ3) is 3.14. The van der Waals surface area contributed by atoms with Crippen LogP contribution in [0.15, 0.2) is 36.7 Å². The number of hydrogen-bond donors (Lipinski definition) is 0. The molecule has 2 aliphatic heterocycles. The fraction of sp³-hybridized carbons (Fsp3) is 0.450. The number of hydrogen-bond acceptors (Lipinski definition) is 4. The van der Waals surface area contributed by atoms with Crippen molar-refractivity contribution in [2.24, 2.45) is 5.41 Å². The van der Waals surface area contributed by atoms with Gasteiger partial charge in [0.25, 0.3) is 5.91 Å². The largest absolute Gasteiger partial charge is 0.338 e. The highest BCUT2D eigenvalue weighted by Gasteiger charge is 2.49. The minimum absolute atomic E-state index is 0.0668. The molecule has 0 unspecified atom stereocenters. The molecule has 4 heterocycles. The maximum absolute atomic E-state index is 13.2. The number of thiophene rings is 1. The highest BCUT2D eigenvalue weighted by Crippen LogP contribution is 2.41. The Labute approximate surface area is 157 Å². The van der Waals surface area contributed by atoms with Crippen LogP contribution in [0.5, 0.6) is 0 Å². The standard InChI is InChI=1S/C20H23N3O2S/c1-15-5-6-17(26-15)18(24)23-11-8-20(14-23)7-3-10-22(19(20)25)13-16-4-2-9-21-12-16/h2,4-6,9,12H,3,7-8,10-11,13-14H2,1H3/t20-/m0/s1. The Balaban J connectivity index is 1.48. The van der Waals surface area contributed by atoms with Gasteiger partial charge in [0, 0.05) is 43.4 Å². The van der Waals surface area contributed by atoms with Crippen molar-refractivity contribution >= 4 is 23.2 Å². The van der Waals surface area contributed by atoms with Gasteiger partial charge in [-0.3, -0.25) is 14.6 Å². The van der Waals surface area contributed by atoms with Crippen LogP contribution in [-0.2, 0) is 11.3 Å². The van der Waals surface area contributed by atoms with E-state index in [1.165, 1.54) is 11.3 Å². The predicted octanol–water partition coefficient (Wildman–Crippen LogP) is 3.11. The van der Waals surface area contributed by atoms with Crippen LogP contribution in [0.3, 0.4) is 0 Å². The van der Waals surface area contributed by atoms with Gasteiger partial charge in [-0.25, -0.2) is 0 Å². The summed E-state index contributed by atoms with van der Waals surface area (Å²) in [6.07, 6.45) is 6.20. The molecule has 136 valence electrons. The summed E-state index contributed by atoms with van der Waals surface area (Å²) in [5.74, 6) is 0.266. The summed E-state index contributed by atoms with van der Waals surface area (Å²) < 4.78 is 0. The molecule has 2 amide bonds. The molecule has 2 aliphatic rings. The van der Waals surface area contributed by atoms with Gasteiger partial charge in [-0.15, -0.1) is 11.3 Å². The molecule has 1 spiro atoms. The molecular weight excluding hydrogens is 346 g/mol. The molecule has 0 radical (unpaired) electrons. The van der Waals surface area contributed by atoms with Crippen LogP contribution in [0, 0.1) is 12.3 Å². The van der Waals surface area contributed by atoms with Gasteiger partial charge in [-0.2, -0.15) is 0 Å². The van der Waals surface area contributed by atoms with E-state index in [2.05, 4.69) is 4.98 Å². The highest BCUT2D eigenvalue weighted by atomic mass is 32.1. The van der Waals surface area contributed by atoms with Crippen molar-refractivity contribution in [3.05, 3.63) is 52.0 Å². The molecule has 4 rings (SSSR count). The summed E-state index contributed by atoms with van der Waals surface area (Å²) in [6, 6.07) is 7.78. The minimum atomic E-state index is -0.400. The average Bonchev–Trinajstić information content (AvgIpc) is 3.27. The van der Waals surface area contributed by atoms with Gasteiger partial charge < -0.3 is 9.80 Å². The van der Waals surface area contributed by atoms with Crippen molar-refractivity contribution in [1.29, 1.82) is 0 Å². The van der Waals surface area contributed by atoms with E-state index in [9.17, 15) is 9.59 Å². The smallest absolute Gasteiger partial charge is 0.263 e. The lowest BCUT2D eigenvalue weighted by molar-refractivity contribution is -0.146. The first-order valence-electron chi connectivity index (χ1n) is 9.11. The van der Waals surface area contributed by atoms with Gasteiger partial charge in [0.05, 0.1) is 10.3 Å². The van der Waals surface area contributed by atoms with Crippen LogP contribution in [0.2, 0.25) is 0 Å². The van der Waals surface area contributed by atoms with E-state index in [-0.39, 0.29) is 11.8 Å². The van der Waals surface area contributed by atoms with Crippen molar-refractivity contribution < 1.29 is 9.59 Å². The first-order valence-corrected chi connectivity index (χ1v) is 9.93. The molecule has 0 aromatic carbocycles. The first-order chi connectivity index (χ1) is 12.6. The maximum atomic E-state index is 13.2. The number of amides is 2. The molecule has 6 heteroatoms. The highest BCUT2D eigenvalue weighted by molar-refractivity contribution is 7.13. The lowest BCUT2D eigenvalue weighted by Crippen LogP contribution is -2.50. The SMILES string of the molecule is Cc1ccc(C(=O)N2CC[C@@]3(CCCN(Cc4cccnc4)C3=O)C2)s1. The van der Waals surface area contributed by atoms with Crippen molar-refractivity contribution in [2.75, 3.05) is 19.6 Å². The van der Waals surface area contributed by atoms with E-state index in [0.29, 0.717) is 19.6 Å².